The Morgan fingerprint density at radius 3 is 2.69 bits per heavy atom. The van der Waals surface area contributed by atoms with Gasteiger partial charge in [0.05, 0.1) is 5.69 Å². The number of alkyl halides is 1. The standard InChI is InChI=1S/C10H13BrN4O/c1-7-4-3-5-9(8(7)6-11)15-10(16)14(2)12-13-15/h3-5,12-13H,6H2,1-2H3. The molecule has 86 valence electrons. The molecule has 5 nitrogen and oxygen atoms in total. The molecular weight excluding hydrogens is 272 g/mol. The van der Waals surface area contributed by atoms with Crippen LogP contribution in [0.15, 0.2) is 18.2 Å². The van der Waals surface area contributed by atoms with Crippen LogP contribution in [-0.4, -0.2) is 18.1 Å². The van der Waals surface area contributed by atoms with Crippen LogP contribution in [0.3, 0.4) is 0 Å². The van der Waals surface area contributed by atoms with Gasteiger partial charge in [0.2, 0.25) is 0 Å². The van der Waals surface area contributed by atoms with Crippen LogP contribution in [0.25, 0.3) is 0 Å². The van der Waals surface area contributed by atoms with Crippen molar-refractivity contribution in [3.05, 3.63) is 29.3 Å². The van der Waals surface area contributed by atoms with Crippen molar-refractivity contribution in [3.63, 3.8) is 0 Å². The van der Waals surface area contributed by atoms with Gasteiger partial charge in [-0.2, -0.15) is 0 Å². The van der Waals surface area contributed by atoms with Gasteiger partial charge in [0.25, 0.3) is 0 Å². The van der Waals surface area contributed by atoms with Gasteiger partial charge >= 0.3 is 6.03 Å². The zero-order valence-electron chi connectivity index (χ0n) is 9.12. The predicted molar refractivity (Wildman–Crippen MR) is 65.7 cm³/mol. The fraction of sp³-hybridized carbons (Fsp3) is 0.300. The number of urea groups is 1. The summed E-state index contributed by atoms with van der Waals surface area (Å²) in [5.41, 5.74) is 8.66. The molecule has 1 heterocycles. The lowest BCUT2D eigenvalue weighted by Gasteiger charge is -2.18. The minimum Gasteiger partial charge on any atom is -0.246 e. The second-order valence-electron chi connectivity index (χ2n) is 3.61. The summed E-state index contributed by atoms with van der Waals surface area (Å²) in [5.74, 6) is 0. The lowest BCUT2D eigenvalue weighted by Crippen LogP contribution is -2.38. The van der Waals surface area contributed by atoms with Crippen LogP contribution in [0.4, 0.5) is 10.5 Å². The van der Waals surface area contributed by atoms with Gasteiger partial charge < -0.3 is 0 Å². The van der Waals surface area contributed by atoms with Gasteiger partial charge in [-0.25, -0.2) is 14.8 Å². The van der Waals surface area contributed by atoms with E-state index in [0.717, 1.165) is 16.8 Å². The van der Waals surface area contributed by atoms with Gasteiger partial charge in [-0.05, 0) is 24.1 Å². The van der Waals surface area contributed by atoms with Crippen molar-refractivity contribution in [1.82, 2.24) is 16.1 Å². The molecule has 2 N–H and O–H groups in total. The molecule has 0 atom stereocenters. The average molecular weight is 285 g/mol. The van der Waals surface area contributed by atoms with E-state index in [-0.39, 0.29) is 6.03 Å². The number of nitrogens with one attached hydrogen (secondary N) is 2. The quantitative estimate of drug-likeness (QED) is 0.813. The molecule has 6 heteroatoms. The third-order valence-electron chi connectivity index (χ3n) is 2.57. The van der Waals surface area contributed by atoms with Crippen molar-refractivity contribution < 1.29 is 4.79 Å². The van der Waals surface area contributed by atoms with E-state index < -0.39 is 0 Å². The zero-order valence-corrected chi connectivity index (χ0v) is 10.7. The van der Waals surface area contributed by atoms with E-state index in [4.69, 9.17) is 0 Å². The molecule has 0 bridgehead atoms. The van der Waals surface area contributed by atoms with Gasteiger partial charge in [-0.1, -0.05) is 28.1 Å². The molecule has 1 aliphatic heterocycles. The smallest absolute Gasteiger partial charge is 0.246 e. The topological polar surface area (TPSA) is 47.6 Å². The molecule has 1 aliphatic rings. The Balaban J connectivity index is 2.41. The first kappa shape index (κ1) is 11.4. The molecule has 1 aromatic rings. The first-order valence-electron chi connectivity index (χ1n) is 4.88. The average Bonchev–Trinajstić information content (AvgIpc) is 2.59. The first-order chi connectivity index (χ1) is 7.65. The van der Waals surface area contributed by atoms with Crippen molar-refractivity contribution in [2.24, 2.45) is 0 Å². The number of halogens is 1. The fourth-order valence-electron chi connectivity index (χ4n) is 1.60. The minimum atomic E-state index is -0.132. The number of hydrogen-bond donors (Lipinski definition) is 2. The Labute approximate surface area is 102 Å². The molecule has 0 spiro atoms. The molecule has 16 heavy (non-hydrogen) atoms. The number of carbonyl (C=O) groups excluding carboxylic acids is 1. The Morgan fingerprint density at radius 1 is 1.38 bits per heavy atom. The number of hydrazine groups is 3. The van der Waals surface area contributed by atoms with Crippen LogP contribution in [0.2, 0.25) is 0 Å². The van der Waals surface area contributed by atoms with Crippen molar-refractivity contribution in [1.29, 1.82) is 0 Å². The number of hydrogen-bond acceptors (Lipinski definition) is 3. The minimum absolute atomic E-state index is 0.132. The molecule has 0 aromatic heterocycles. The second kappa shape index (κ2) is 4.40. The van der Waals surface area contributed by atoms with Crippen LogP contribution in [-0.2, 0) is 5.33 Å². The molecule has 0 unspecified atom stereocenters. The summed E-state index contributed by atoms with van der Waals surface area (Å²) in [6.45, 7) is 2.03. The van der Waals surface area contributed by atoms with Gasteiger partial charge in [0, 0.05) is 12.4 Å². The van der Waals surface area contributed by atoms with E-state index in [2.05, 4.69) is 27.0 Å². The summed E-state index contributed by atoms with van der Waals surface area (Å²) in [7, 11) is 1.67. The number of aryl methyl sites for hydroxylation is 1. The van der Waals surface area contributed by atoms with E-state index in [1.807, 2.05) is 25.1 Å². The van der Waals surface area contributed by atoms with Crippen LogP contribution in [0, 0.1) is 6.92 Å². The summed E-state index contributed by atoms with van der Waals surface area (Å²) in [6, 6.07) is 5.74. The zero-order chi connectivity index (χ0) is 11.7. The largest absolute Gasteiger partial charge is 0.355 e. The highest BCUT2D eigenvalue weighted by molar-refractivity contribution is 9.08. The fourth-order valence-corrected chi connectivity index (χ4v) is 2.33. The van der Waals surface area contributed by atoms with Crippen LogP contribution in [0.1, 0.15) is 11.1 Å². The first-order valence-corrected chi connectivity index (χ1v) is 6.01. The van der Waals surface area contributed by atoms with Crippen molar-refractivity contribution >= 4 is 27.6 Å². The van der Waals surface area contributed by atoms with E-state index >= 15 is 0 Å². The summed E-state index contributed by atoms with van der Waals surface area (Å²) < 4.78 is 0. The van der Waals surface area contributed by atoms with E-state index in [0.29, 0.717) is 5.33 Å². The van der Waals surface area contributed by atoms with Crippen molar-refractivity contribution in [3.8, 4) is 0 Å². The van der Waals surface area contributed by atoms with Crippen LogP contribution < -0.4 is 16.1 Å². The Bertz CT molecular complexity index is 423. The van der Waals surface area contributed by atoms with Gasteiger partial charge in [0.15, 0.2) is 0 Å². The molecular formula is C10H13BrN4O. The molecule has 1 fully saturated rings. The van der Waals surface area contributed by atoms with Gasteiger partial charge in [-0.3, -0.25) is 0 Å². The lowest BCUT2D eigenvalue weighted by molar-refractivity contribution is 0.214. The third-order valence-corrected chi connectivity index (χ3v) is 3.13. The molecule has 0 radical (unpaired) electrons. The van der Waals surface area contributed by atoms with Gasteiger partial charge in [0.1, 0.15) is 0 Å². The number of carbonyl (C=O) groups is 1. The van der Waals surface area contributed by atoms with Crippen molar-refractivity contribution in [2.45, 2.75) is 12.3 Å². The molecule has 1 saturated heterocycles. The highest BCUT2D eigenvalue weighted by Crippen LogP contribution is 2.26. The monoisotopic (exact) mass is 284 g/mol. The van der Waals surface area contributed by atoms with E-state index in [9.17, 15) is 4.79 Å². The normalized spacial score (nSPS) is 16.1. The summed E-state index contributed by atoms with van der Waals surface area (Å²) in [5, 5.41) is 3.59. The summed E-state index contributed by atoms with van der Waals surface area (Å²) in [6.07, 6.45) is 0. The number of benzene rings is 1. The maximum absolute atomic E-state index is 11.8. The van der Waals surface area contributed by atoms with Crippen molar-refractivity contribution in [2.75, 3.05) is 12.1 Å². The second-order valence-corrected chi connectivity index (χ2v) is 4.17. The molecule has 2 amide bonds. The van der Waals surface area contributed by atoms with E-state index in [1.54, 1.807) is 7.05 Å². The molecule has 2 rings (SSSR count). The summed E-state index contributed by atoms with van der Waals surface area (Å²) in [4.78, 5) is 11.8. The highest BCUT2D eigenvalue weighted by atomic mass is 79.9. The molecule has 0 saturated carbocycles. The van der Waals surface area contributed by atoms with Gasteiger partial charge in [-0.15, -0.1) is 11.1 Å². The Morgan fingerprint density at radius 2 is 2.12 bits per heavy atom. The summed E-state index contributed by atoms with van der Waals surface area (Å²) >= 11 is 3.44. The Hall–Kier alpha value is -1.11. The number of nitrogens with zero attached hydrogens (tertiary/aromatic N) is 2. The lowest BCUT2D eigenvalue weighted by atomic mass is 10.1. The molecule has 1 aromatic carbocycles. The van der Waals surface area contributed by atoms with Crippen LogP contribution >= 0.6 is 15.9 Å². The molecule has 0 aliphatic carbocycles. The third kappa shape index (κ3) is 1.79. The maximum atomic E-state index is 11.8. The number of rotatable bonds is 2. The highest BCUT2D eigenvalue weighted by Gasteiger charge is 2.28. The number of amides is 2. The Kier molecular flexibility index (Phi) is 3.13. The maximum Gasteiger partial charge on any atom is 0.355 e. The number of anilines is 1. The predicted octanol–water partition coefficient (Wildman–Crippen LogP) is 1.69. The van der Waals surface area contributed by atoms with E-state index in [1.165, 1.54) is 10.0 Å². The SMILES string of the molecule is Cc1cccc(N2NNN(C)C2=O)c1CBr. The van der Waals surface area contributed by atoms with Crippen LogP contribution in [0.5, 0.6) is 0 Å².